The molecule has 0 unspecified atom stereocenters. The topological polar surface area (TPSA) is 38.8 Å². The first-order chi connectivity index (χ1) is 15.5. The highest BCUT2D eigenvalue weighted by Crippen LogP contribution is 2.49. The largest absolute Gasteiger partial charge is 0.496 e. The Hall–Kier alpha value is -2.21. The van der Waals surface area contributed by atoms with E-state index in [0.717, 1.165) is 54.3 Å². The molecule has 0 aromatic heterocycles. The number of halogens is 1. The summed E-state index contributed by atoms with van der Waals surface area (Å²) in [6, 6.07) is 10.5. The third kappa shape index (κ3) is 5.40. The van der Waals surface area contributed by atoms with Crippen LogP contribution in [0.5, 0.6) is 5.75 Å². The average Bonchev–Trinajstić information content (AvgIpc) is 2.98. The van der Waals surface area contributed by atoms with Gasteiger partial charge in [0.05, 0.1) is 19.9 Å². The second-order valence-corrected chi connectivity index (χ2v) is 9.59. The molecular weight excluding hydrogens is 425 g/mol. The van der Waals surface area contributed by atoms with E-state index in [0.29, 0.717) is 11.3 Å². The number of methoxy groups -OCH3 is 2. The zero-order valence-electron chi connectivity index (χ0n) is 19.6. The van der Waals surface area contributed by atoms with Crippen LogP contribution in [0.4, 0.5) is 15.8 Å². The van der Waals surface area contributed by atoms with Gasteiger partial charge in [-0.1, -0.05) is 39.5 Å². The maximum atomic E-state index is 13.7. The molecule has 0 spiro atoms. The first-order valence-electron chi connectivity index (χ1n) is 11.4. The summed E-state index contributed by atoms with van der Waals surface area (Å²) in [6.45, 7) is 5.31. The molecule has 0 atom stereocenters. The van der Waals surface area contributed by atoms with Crippen LogP contribution in [0.3, 0.4) is 0 Å². The fourth-order valence-electron chi connectivity index (χ4n) is 4.39. The number of nitrogens with zero attached hydrogens (tertiary/aromatic N) is 1. The summed E-state index contributed by atoms with van der Waals surface area (Å²) in [6.07, 6.45) is 6.94. The number of esters is 1. The Morgan fingerprint density at radius 2 is 1.75 bits per heavy atom. The molecule has 0 saturated carbocycles. The van der Waals surface area contributed by atoms with Crippen molar-refractivity contribution < 1.29 is 18.7 Å². The summed E-state index contributed by atoms with van der Waals surface area (Å²) in [4.78, 5) is 15.7. The summed E-state index contributed by atoms with van der Waals surface area (Å²) in [5, 5.41) is 0. The van der Waals surface area contributed by atoms with E-state index in [4.69, 9.17) is 9.47 Å². The standard InChI is InChI=1S/C26H34FNO3S/c1-5-7-13-26(14-8-6-2)17-28(20-11-9-19(27)10-12-20)22-16-23(30-3)21(25(29)31-4)15-24(22)32-18-26/h9-12,15-16H,5-8,13-14,17-18H2,1-4H3. The quantitative estimate of drug-likeness (QED) is 0.370. The minimum absolute atomic E-state index is 0.128. The molecule has 1 aliphatic heterocycles. The van der Waals surface area contributed by atoms with Crippen molar-refractivity contribution in [2.45, 2.75) is 57.3 Å². The van der Waals surface area contributed by atoms with Crippen LogP contribution in [0, 0.1) is 11.2 Å². The SMILES string of the molecule is CCCCC1(CCCC)CSc2cc(C(=O)OC)c(OC)cc2N(c2ccc(F)cc2)C1. The van der Waals surface area contributed by atoms with Gasteiger partial charge >= 0.3 is 5.97 Å². The van der Waals surface area contributed by atoms with Crippen LogP contribution in [-0.4, -0.2) is 32.5 Å². The third-order valence-corrected chi connectivity index (χ3v) is 7.66. The number of benzene rings is 2. The molecular formula is C26H34FNO3S. The predicted octanol–water partition coefficient (Wildman–Crippen LogP) is 7.23. The summed E-state index contributed by atoms with van der Waals surface area (Å²) < 4.78 is 24.3. The predicted molar refractivity (Wildman–Crippen MR) is 130 cm³/mol. The van der Waals surface area contributed by atoms with Crippen molar-refractivity contribution in [2.75, 3.05) is 31.4 Å². The number of rotatable bonds is 9. The van der Waals surface area contributed by atoms with E-state index >= 15 is 0 Å². The number of unbranched alkanes of at least 4 members (excludes halogenated alkanes) is 2. The van der Waals surface area contributed by atoms with E-state index in [1.165, 1.54) is 32.1 Å². The maximum absolute atomic E-state index is 13.7. The Bertz CT molecular complexity index is 908. The molecule has 0 fully saturated rings. The number of ether oxygens (including phenoxy) is 2. The van der Waals surface area contributed by atoms with E-state index in [2.05, 4.69) is 18.7 Å². The minimum Gasteiger partial charge on any atom is -0.496 e. The number of carbonyl (C=O) groups is 1. The lowest BCUT2D eigenvalue weighted by Crippen LogP contribution is -2.36. The molecule has 1 aliphatic rings. The van der Waals surface area contributed by atoms with E-state index in [1.807, 2.05) is 24.3 Å². The molecule has 0 radical (unpaired) electrons. The fourth-order valence-corrected chi connectivity index (χ4v) is 5.75. The molecule has 2 aromatic carbocycles. The lowest BCUT2D eigenvalue weighted by Gasteiger charge is -2.37. The molecule has 6 heteroatoms. The molecule has 0 N–H and O–H groups in total. The van der Waals surface area contributed by atoms with Gasteiger partial charge in [-0.3, -0.25) is 0 Å². The molecule has 4 nitrogen and oxygen atoms in total. The number of fused-ring (bicyclic) bond motifs is 1. The van der Waals surface area contributed by atoms with Crippen molar-refractivity contribution in [3.05, 3.63) is 47.8 Å². The van der Waals surface area contributed by atoms with Crippen LogP contribution < -0.4 is 9.64 Å². The Morgan fingerprint density at radius 3 is 2.31 bits per heavy atom. The monoisotopic (exact) mass is 459 g/mol. The molecule has 0 amide bonds. The van der Waals surface area contributed by atoms with Gasteiger partial charge in [0, 0.05) is 28.9 Å². The molecule has 174 valence electrons. The van der Waals surface area contributed by atoms with Gasteiger partial charge in [-0.05, 0) is 48.6 Å². The summed E-state index contributed by atoms with van der Waals surface area (Å²) >= 11 is 1.80. The smallest absolute Gasteiger partial charge is 0.341 e. The second-order valence-electron chi connectivity index (χ2n) is 8.57. The fraction of sp³-hybridized carbons (Fsp3) is 0.500. The van der Waals surface area contributed by atoms with Gasteiger partial charge in [0.1, 0.15) is 17.1 Å². The molecule has 2 aromatic rings. The zero-order valence-corrected chi connectivity index (χ0v) is 20.4. The normalized spacial score (nSPS) is 15.1. The number of carbonyl (C=O) groups excluding carboxylic acids is 1. The Labute approximate surface area is 195 Å². The number of thioether (sulfide) groups is 1. The maximum Gasteiger partial charge on any atom is 0.341 e. The van der Waals surface area contributed by atoms with Crippen LogP contribution in [0.25, 0.3) is 0 Å². The van der Waals surface area contributed by atoms with E-state index in [-0.39, 0.29) is 11.2 Å². The Kier molecular flexibility index (Phi) is 8.46. The lowest BCUT2D eigenvalue weighted by atomic mass is 9.79. The molecule has 32 heavy (non-hydrogen) atoms. The first kappa shape index (κ1) is 24.4. The van der Waals surface area contributed by atoms with Gasteiger partial charge < -0.3 is 14.4 Å². The summed E-state index contributed by atoms with van der Waals surface area (Å²) in [7, 11) is 2.94. The van der Waals surface area contributed by atoms with Crippen molar-refractivity contribution in [1.29, 1.82) is 0 Å². The molecule has 1 heterocycles. The first-order valence-corrected chi connectivity index (χ1v) is 12.4. The highest BCUT2D eigenvalue weighted by atomic mass is 32.2. The number of anilines is 2. The minimum atomic E-state index is -0.411. The van der Waals surface area contributed by atoms with Crippen LogP contribution in [-0.2, 0) is 4.74 Å². The number of hydrogen-bond donors (Lipinski definition) is 0. The van der Waals surface area contributed by atoms with Crippen LogP contribution in [0.1, 0.15) is 62.7 Å². The highest BCUT2D eigenvalue weighted by Gasteiger charge is 2.36. The van der Waals surface area contributed by atoms with Crippen molar-refractivity contribution in [2.24, 2.45) is 5.41 Å². The van der Waals surface area contributed by atoms with E-state index in [1.54, 1.807) is 18.9 Å². The number of hydrogen-bond acceptors (Lipinski definition) is 5. The van der Waals surface area contributed by atoms with Crippen molar-refractivity contribution in [3.63, 3.8) is 0 Å². The van der Waals surface area contributed by atoms with Gasteiger partial charge in [0.2, 0.25) is 0 Å². The molecule has 0 aliphatic carbocycles. The molecule has 3 rings (SSSR count). The van der Waals surface area contributed by atoms with Crippen molar-refractivity contribution >= 4 is 29.1 Å². The van der Waals surface area contributed by atoms with Gasteiger partial charge in [0.25, 0.3) is 0 Å². The Balaban J connectivity index is 2.14. The van der Waals surface area contributed by atoms with Gasteiger partial charge in [-0.25, -0.2) is 9.18 Å². The van der Waals surface area contributed by atoms with Crippen molar-refractivity contribution in [1.82, 2.24) is 0 Å². The third-order valence-electron chi connectivity index (χ3n) is 6.26. The lowest BCUT2D eigenvalue weighted by molar-refractivity contribution is 0.0597. The second kappa shape index (κ2) is 11.1. The van der Waals surface area contributed by atoms with Crippen molar-refractivity contribution in [3.8, 4) is 5.75 Å². The van der Waals surface area contributed by atoms with Crippen LogP contribution in [0.15, 0.2) is 41.3 Å². The molecule has 0 bridgehead atoms. The highest BCUT2D eigenvalue weighted by molar-refractivity contribution is 7.99. The van der Waals surface area contributed by atoms with Gasteiger partial charge in [-0.15, -0.1) is 11.8 Å². The van der Waals surface area contributed by atoms with E-state index < -0.39 is 5.97 Å². The van der Waals surface area contributed by atoms with Crippen LogP contribution in [0.2, 0.25) is 0 Å². The zero-order chi connectivity index (χ0) is 23.1. The van der Waals surface area contributed by atoms with Gasteiger partial charge in [0.15, 0.2) is 0 Å². The average molecular weight is 460 g/mol. The van der Waals surface area contributed by atoms with E-state index in [9.17, 15) is 9.18 Å². The summed E-state index contributed by atoms with van der Waals surface area (Å²) in [5.74, 6) is 0.800. The van der Waals surface area contributed by atoms with Gasteiger partial charge in [-0.2, -0.15) is 0 Å². The summed E-state index contributed by atoms with van der Waals surface area (Å²) in [5.41, 5.74) is 2.49. The van der Waals surface area contributed by atoms with Crippen LogP contribution >= 0.6 is 11.8 Å². The molecule has 0 saturated heterocycles. The Morgan fingerprint density at radius 1 is 1.09 bits per heavy atom.